The highest BCUT2D eigenvalue weighted by atomic mass is 28.4. The first-order chi connectivity index (χ1) is 37.7. The van der Waals surface area contributed by atoms with Gasteiger partial charge in [-0.25, -0.2) is 24.0 Å². The number of rotatable bonds is 16. The maximum atomic E-state index is 14.0. The van der Waals surface area contributed by atoms with Crippen LogP contribution in [0.25, 0.3) is 0 Å². The summed E-state index contributed by atoms with van der Waals surface area (Å²) >= 11 is 0. The Morgan fingerprint density at radius 2 is 1.06 bits per heavy atom. The fourth-order valence-corrected chi connectivity index (χ4v) is 10.1. The molecule has 3 aromatic rings. The average Bonchev–Trinajstić information content (AvgIpc) is 3.38. The van der Waals surface area contributed by atoms with Crippen LogP contribution in [-0.2, 0) is 46.1 Å². The molecule has 0 fully saturated rings. The fraction of sp³-hybridized carbons (Fsp3) is 0.462. The van der Waals surface area contributed by atoms with Crippen molar-refractivity contribution in [3.8, 4) is 11.5 Å². The number of ether oxygens (including phenoxy) is 5. The summed E-state index contributed by atoms with van der Waals surface area (Å²) in [5.74, 6) is -1.49. The molecule has 5 rings (SSSR count). The lowest BCUT2D eigenvalue weighted by Gasteiger charge is -2.37. The normalized spacial score (nSPS) is 21.3. The molecule has 0 unspecified atom stereocenters. The van der Waals surface area contributed by atoms with Crippen molar-refractivity contribution in [2.45, 2.75) is 167 Å². The predicted molar refractivity (Wildman–Crippen MR) is 321 cm³/mol. The van der Waals surface area contributed by atoms with E-state index in [1.165, 1.54) is 24.3 Å². The van der Waals surface area contributed by atoms with Gasteiger partial charge in [0.15, 0.2) is 0 Å². The molecule has 0 aliphatic carbocycles. The van der Waals surface area contributed by atoms with Crippen LogP contribution in [0.5, 0.6) is 11.5 Å². The zero-order valence-electron chi connectivity index (χ0n) is 49.4. The molecule has 80 heavy (non-hydrogen) atoms. The number of allylic oxidation sites excluding steroid dienone is 4. The topological polar surface area (TPSA) is 170 Å². The second-order valence-corrected chi connectivity index (χ2v) is 33.0. The van der Waals surface area contributed by atoms with Crippen LogP contribution in [0, 0.1) is 11.8 Å². The summed E-state index contributed by atoms with van der Waals surface area (Å²) in [6.45, 7) is 32.8. The minimum absolute atomic E-state index is 0.00358. The molecule has 0 saturated heterocycles. The van der Waals surface area contributed by atoms with E-state index in [-0.39, 0.29) is 60.8 Å². The number of cyclic esters (lactones) is 2. The molecular weight excluding hydrogens is 1040 g/mol. The number of fused-ring (bicyclic) bond motifs is 2. The Hall–Kier alpha value is -6.56. The summed E-state index contributed by atoms with van der Waals surface area (Å²) in [5.41, 5.74) is 2.91. The Labute approximate surface area is 478 Å². The van der Waals surface area contributed by atoms with Crippen molar-refractivity contribution in [1.29, 1.82) is 0 Å². The Morgan fingerprint density at radius 1 is 0.625 bits per heavy atom. The van der Waals surface area contributed by atoms with Crippen molar-refractivity contribution in [1.82, 2.24) is 0 Å². The molecule has 0 bridgehead atoms. The zero-order chi connectivity index (χ0) is 59.3. The molecule has 15 heteroatoms. The third-order valence-electron chi connectivity index (χ3n) is 15.1. The minimum atomic E-state index is -2.29. The molecule has 434 valence electrons. The maximum absolute atomic E-state index is 14.0. The predicted octanol–water partition coefficient (Wildman–Crippen LogP) is 14.2. The highest BCUT2D eigenvalue weighted by Gasteiger charge is 2.42. The first kappa shape index (κ1) is 66.0. The highest BCUT2D eigenvalue weighted by Crippen LogP contribution is 2.41. The van der Waals surface area contributed by atoms with E-state index < -0.39 is 70.9 Å². The van der Waals surface area contributed by atoms with Crippen molar-refractivity contribution in [2.24, 2.45) is 11.8 Å². The number of benzene rings is 3. The monoisotopic (exact) mass is 1130 g/mol. The van der Waals surface area contributed by atoms with Gasteiger partial charge in [0, 0.05) is 37.8 Å². The highest BCUT2D eigenvalue weighted by molar-refractivity contribution is 6.75. The van der Waals surface area contributed by atoms with Crippen LogP contribution in [0.15, 0.2) is 141 Å². The molecular formula is C65H88O13Si2. The van der Waals surface area contributed by atoms with Gasteiger partial charge in [-0.2, -0.15) is 0 Å². The molecule has 13 nitrogen and oxygen atoms in total. The van der Waals surface area contributed by atoms with Crippen LogP contribution in [0.1, 0.15) is 136 Å². The largest absolute Gasteiger partial charge is 0.543 e. The van der Waals surface area contributed by atoms with Crippen LogP contribution in [-0.4, -0.2) is 89.2 Å². The van der Waals surface area contributed by atoms with Gasteiger partial charge in [0.25, 0.3) is 16.6 Å². The zero-order valence-corrected chi connectivity index (χ0v) is 51.4. The van der Waals surface area contributed by atoms with Gasteiger partial charge in [-0.15, -0.1) is 0 Å². The van der Waals surface area contributed by atoms with E-state index >= 15 is 0 Å². The molecule has 0 aromatic heterocycles. The second-order valence-electron chi connectivity index (χ2n) is 23.6. The van der Waals surface area contributed by atoms with Crippen molar-refractivity contribution in [2.75, 3.05) is 13.2 Å². The number of hydrogen-bond acceptors (Lipinski definition) is 13. The number of carbonyl (C=O) groups is 5. The standard InChI is InChI=1S/C36H46O7Si.C29H42O6Si/c1-8-24-40-32(37)23-15-21-29-25-31(42-34(38)28-18-10-9-11-19-28)26(2)16-12-13-17-27-20-14-22-30(33(27)35(39)41-29)43-44(6,7)36(3,4)5;1-8-19-33-26(31)18-12-16-23-20-24(30)21(2)13-9-10-14-22-15-11-17-25(27(22)28(32)34-23)35-36(6,7)29(3,4)5/h8-15,18-20,22-23,26,29,31H,1,16-17,21,24-25H2,2-7H3;8-12,15,17-18,21,23-24,30H,1,13-14,16,19-20H2,2-7H3/b13-12+,23-15+;10-9+,18-12+/t26-,29-,31+;21-,23-,24+/m00/s1. The van der Waals surface area contributed by atoms with Gasteiger partial charge in [-0.3, -0.25) is 0 Å². The molecule has 1 N–H and O–H groups in total. The summed E-state index contributed by atoms with van der Waals surface area (Å²) in [4.78, 5) is 64.6. The lowest BCUT2D eigenvalue weighted by molar-refractivity contribution is -0.137. The Bertz CT molecular complexity index is 2690. The Balaban J connectivity index is 0.000000352. The summed E-state index contributed by atoms with van der Waals surface area (Å²) in [6.07, 6.45) is 17.9. The number of carbonyl (C=O) groups excluding carboxylic acids is 5. The Morgan fingerprint density at radius 3 is 1.50 bits per heavy atom. The van der Waals surface area contributed by atoms with Gasteiger partial charge in [0.1, 0.15) is 54.2 Å². The molecule has 2 aliphatic heterocycles. The van der Waals surface area contributed by atoms with E-state index in [1.54, 1.807) is 36.4 Å². The SMILES string of the molecule is C=CCOC(=O)/C=C/C[C@H]1C[C@@H](O)[C@@H](C)C/C=C/Cc2cccc(O[Si](C)(C)C(C)(C)C)c2C(=O)O1.C=CCOC(=O)/C=C/C[C@H]1C[C@@H](OC(=O)c2ccccc2)[C@@H](C)C/C=C/Cc2cccc(O[Si](C)(C)C(C)(C)C)c2C(=O)O1. The Kier molecular flexibility index (Phi) is 25.5. The van der Waals surface area contributed by atoms with Gasteiger partial charge in [0.2, 0.25) is 0 Å². The molecule has 6 atom stereocenters. The van der Waals surface area contributed by atoms with E-state index in [0.29, 0.717) is 53.9 Å². The minimum Gasteiger partial charge on any atom is -0.543 e. The third kappa shape index (κ3) is 20.5. The third-order valence-corrected chi connectivity index (χ3v) is 23.8. The first-order valence-electron chi connectivity index (χ1n) is 27.8. The van der Waals surface area contributed by atoms with Crippen LogP contribution in [0.2, 0.25) is 36.3 Å². The smallest absolute Gasteiger partial charge is 0.342 e. The number of aliphatic hydroxyl groups is 1. The van der Waals surface area contributed by atoms with Crippen molar-refractivity contribution in [3.63, 3.8) is 0 Å². The lowest BCUT2D eigenvalue weighted by Crippen LogP contribution is -2.44. The fourth-order valence-electron chi connectivity index (χ4n) is 8.09. The van der Waals surface area contributed by atoms with Gasteiger partial charge in [-0.05, 0) is 109 Å². The molecule has 0 spiro atoms. The van der Waals surface area contributed by atoms with E-state index in [9.17, 15) is 29.1 Å². The van der Waals surface area contributed by atoms with Crippen LogP contribution in [0.4, 0.5) is 0 Å². The number of hydrogen-bond donors (Lipinski definition) is 1. The van der Waals surface area contributed by atoms with Crippen LogP contribution in [0.3, 0.4) is 0 Å². The molecule has 2 aliphatic rings. The van der Waals surface area contributed by atoms with Gasteiger partial charge in [-0.1, -0.05) is 160 Å². The summed E-state index contributed by atoms with van der Waals surface area (Å²) in [6, 6.07) is 20.1. The lowest BCUT2D eigenvalue weighted by atomic mass is 9.93. The van der Waals surface area contributed by atoms with Crippen molar-refractivity contribution >= 4 is 46.5 Å². The summed E-state index contributed by atoms with van der Waals surface area (Å²) in [5, 5.41) is 10.6. The molecule has 0 radical (unpaired) electrons. The van der Waals surface area contributed by atoms with E-state index in [2.05, 4.69) is 93.0 Å². The van der Waals surface area contributed by atoms with Crippen molar-refractivity contribution < 1.29 is 61.6 Å². The molecule has 0 saturated carbocycles. The quantitative estimate of drug-likeness (QED) is 0.0473. The molecule has 3 aromatic carbocycles. The summed E-state index contributed by atoms with van der Waals surface area (Å²) in [7, 11) is -4.51. The number of aliphatic hydroxyl groups excluding tert-OH is 1. The first-order valence-corrected chi connectivity index (χ1v) is 33.7. The summed E-state index contributed by atoms with van der Waals surface area (Å²) < 4.78 is 41.4. The van der Waals surface area contributed by atoms with Gasteiger partial charge < -0.3 is 37.6 Å². The second kappa shape index (κ2) is 30.9. The van der Waals surface area contributed by atoms with E-state index in [1.807, 2.05) is 68.5 Å². The molecule has 2 heterocycles. The van der Waals surface area contributed by atoms with Crippen LogP contribution < -0.4 is 8.85 Å². The van der Waals surface area contributed by atoms with Crippen molar-refractivity contribution in [3.05, 3.63) is 168 Å². The van der Waals surface area contributed by atoms with E-state index in [4.69, 9.17) is 32.5 Å². The maximum Gasteiger partial charge on any atom is 0.342 e. The molecule has 0 amide bonds. The van der Waals surface area contributed by atoms with Gasteiger partial charge >= 0.3 is 29.8 Å². The van der Waals surface area contributed by atoms with Gasteiger partial charge in [0.05, 0.1) is 11.7 Å². The average molecular weight is 1130 g/mol. The number of esters is 5. The van der Waals surface area contributed by atoms with E-state index in [0.717, 1.165) is 11.1 Å². The van der Waals surface area contributed by atoms with Crippen LogP contribution >= 0.6 is 0 Å².